The minimum Gasteiger partial charge on any atom is -0.347 e. The Morgan fingerprint density at radius 3 is 3.10 bits per heavy atom. The molecule has 5 heteroatoms. The number of hydrogen-bond donors (Lipinski definition) is 1. The van der Waals surface area contributed by atoms with Gasteiger partial charge in [-0.15, -0.1) is 6.58 Å². The number of hydrogen-bond acceptors (Lipinski definition) is 4. The van der Waals surface area contributed by atoms with Gasteiger partial charge in [-0.25, -0.2) is 9.97 Å². The van der Waals surface area contributed by atoms with Crippen LogP contribution in [0.4, 0.5) is 5.95 Å². The molecule has 1 unspecified atom stereocenters. The third kappa shape index (κ3) is 3.56. The van der Waals surface area contributed by atoms with E-state index >= 15 is 0 Å². The number of nitrogens with zero attached hydrogens (tertiary/aromatic N) is 3. The molecule has 0 spiro atoms. The highest BCUT2D eigenvalue weighted by molar-refractivity contribution is 5.92. The topological polar surface area (TPSA) is 58.1 Å². The Morgan fingerprint density at radius 1 is 1.60 bits per heavy atom. The van der Waals surface area contributed by atoms with Gasteiger partial charge in [-0.3, -0.25) is 4.79 Å². The fourth-order valence-corrected chi connectivity index (χ4v) is 2.44. The number of amides is 1. The summed E-state index contributed by atoms with van der Waals surface area (Å²) >= 11 is 0. The van der Waals surface area contributed by atoms with Crippen molar-refractivity contribution in [3.63, 3.8) is 0 Å². The van der Waals surface area contributed by atoms with Gasteiger partial charge in [0, 0.05) is 25.3 Å². The number of nitrogens with one attached hydrogen (secondary N) is 1. The van der Waals surface area contributed by atoms with Crippen LogP contribution in [0.1, 0.15) is 35.9 Å². The SMILES string of the molecule is C=CCNC(=O)c1cc(C)nc(N2CCCC(C)C2)n1. The maximum Gasteiger partial charge on any atom is 0.270 e. The minimum absolute atomic E-state index is 0.179. The molecule has 1 saturated heterocycles. The highest BCUT2D eigenvalue weighted by Gasteiger charge is 2.20. The van der Waals surface area contributed by atoms with Crippen molar-refractivity contribution in [3.05, 3.63) is 30.1 Å². The molecule has 1 atom stereocenters. The summed E-state index contributed by atoms with van der Waals surface area (Å²) in [6, 6.07) is 1.72. The van der Waals surface area contributed by atoms with E-state index in [1.807, 2.05) is 6.92 Å². The molecular weight excluding hydrogens is 252 g/mol. The van der Waals surface area contributed by atoms with Crippen molar-refractivity contribution in [2.75, 3.05) is 24.5 Å². The Bertz CT molecular complexity index is 501. The zero-order valence-corrected chi connectivity index (χ0v) is 12.2. The summed E-state index contributed by atoms with van der Waals surface area (Å²) in [5.74, 6) is 1.13. The zero-order valence-electron chi connectivity index (χ0n) is 12.2. The van der Waals surface area contributed by atoms with E-state index in [9.17, 15) is 4.79 Å². The van der Waals surface area contributed by atoms with Crippen molar-refractivity contribution < 1.29 is 4.79 Å². The average molecular weight is 274 g/mol. The normalized spacial score (nSPS) is 18.7. The predicted molar refractivity (Wildman–Crippen MR) is 79.9 cm³/mol. The molecular formula is C15H22N4O. The number of piperidine rings is 1. The van der Waals surface area contributed by atoms with Crippen LogP contribution in [0, 0.1) is 12.8 Å². The van der Waals surface area contributed by atoms with E-state index in [1.54, 1.807) is 12.1 Å². The first-order valence-electron chi connectivity index (χ1n) is 7.10. The largest absolute Gasteiger partial charge is 0.347 e. The molecule has 1 aromatic rings. The standard InChI is InChI=1S/C15H22N4O/c1-4-7-16-14(20)13-9-12(3)17-15(18-13)19-8-5-6-11(2)10-19/h4,9,11H,1,5-8,10H2,2-3H3,(H,16,20). The number of carbonyl (C=O) groups excluding carboxylic acids is 1. The fourth-order valence-electron chi connectivity index (χ4n) is 2.44. The Hall–Kier alpha value is -1.91. The molecule has 1 fully saturated rings. The van der Waals surface area contributed by atoms with Crippen LogP contribution >= 0.6 is 0 Å². The molecule has 2 rings (SSSR count). The van der Waals surface area contributed by atoms with E-state index in [0.29, 0.717) is 24.1 Å². The van der Waals surface area contributed by atoms with Crippen molar-refractivity contribution in [3.8, 4) is 0 Å². The molecule has 0 aliphatic carbocycles. The summed E-state index contributed by atoms with van der Waals surface area (Å²) in [6.45, 7) is 10.1. The monoisotopic (exact) mass is 274 g/mol. The van der Waals surface area contributed by atoms with Gasteiger partial charge < -0.3 is 10.2 Å². The highest BCUT2D eigenvalue weighted by Crippen LogP contribution is 2.20. The van der Waals surface area contributed by atoms with Gasteiger partial charge in [0.1, 0.15) is 5.69 Å². The Kier molecular flexibility index (Phi) is 4.71. The van der Waals surface area contributed by atoms with Crippen molar-refractivity contribution in [1.29, 1.82) is 0 Å². The van der Waals surface area contributed by atoms with Gasteiger partial charge in [0.05, 0.1) is 0 Å². The van der Waals surface area contributed by atoms with Gasteiger partial charge in [-0.1, -0.05) is 13.0 Å². The second-order valence-electron chi connectivity index (χ2n) is 5.39. The molecule has 2 heterocycles. The van der Waals surface area contributed by atoms with Crippen molar-refractivity contribution in [1.82, 2.24) is 15.3 Å². The lowest BCUT2D eigenvalue weighted by molar-refractivity contribution is 0.0953. The maximum atomic E-state index is 12.0. The third-order valence-corrected chi connectivity index (χ3v) is 3.42. The Labute approximate surface area is 120 Å². The van der Waals surface area contributed by atoms with Crippen LogP contribution in [-0.4, -0.2) is 35.5 Å². The van der Waals surface area contributed by atoms with Crippen LogP contribution in [0.5, 0.6) is 0 Å². The van der Waals surface area contributed by atoms with Crippen LogP contribution in [0.2, 0.25) is 0 Å². The summed E-state index contributed by atoms with van der Waals surface area (Å²) in [4.78, 5) is 23.0. The number of anilines is 1. The molecule has 1 amide bonds. The Morgan fingerprint density at radius 2 is 2.40 bits per heavy atom. The first-order valence-corrected chi connectivity index (χ1v) is 7.10. The van der Waals surface area contributed by atoms with Gasteiger partial charge in [-0.05, 0) is 31.7 Å². The van der Waals surface area contributed by atoms with Crippen molar-refractivity contribution in [2.45, 2.75) is 26.7 Å². The molecule has 20 heavy (non-hydrogen) atoms. The molecule has 0 aromatic carbocycles. The summed E-state index contributed by atoms with van der Waals surface area (Å²) in [5.41, 5.74) is 1.24. The fraction of sp³-hybridized carbons (Fsp3) is 0.533. The lowest BCUT2D eigenvalue weighted by Gasteiger charge is -2.31. The molecule has 1 aliphatic heterocycles. The predicted octanol–water partition coefficient (Wildman–Crippen LogP) is 1.94. The number of aromatic nitrogens is 2. The van der Waals surface area contributed by atoms with E-state index in [-0.39, 0.29) is 5.91 Å². The van der Waals surface area contributed by atoms with Crippen LogP contribution in [-0.2, 0) is 0 Å². The van der Waals surface area contributed by atoms with E-state index in [2.05, 4.69) is 33.7 Å². The second-order valence-corrected chi connectivity index (χ2v) is 5.39. The molecule has 5 nitrogen and oxygen atoms in total. The second kappa shape index (κ2) is 6.50. The minimum atomic E-state index is -0.179. The van der Waals surface area contributed by atoms with Gasteiger partial charge in [0.15, 0.2) is 0 Å². The van der Waals surface area contributed by atoms with Gasteiger partial charge in [0.25, 0.3) is 5.91 Å². The third-order valence-electron chi connectivity index (χ3n) is 3.42. The lowest BCUT2D eigenvalue weighted by Crippen LogP contribution is -2.36. The average Bonchev–Trinajstić information content (AvgIpc) is 2.44. The summed E-state index contributed by atoms with van der Waals surface area (Å²) in [7, 11) is 0. The van der Waals surface area contributed by atoms with E-state index in [0.717, 1.165) is 25.2 Å². The molecule has 0 saturated carbocycles. The first kappa shape index (κ1) is 14.5. The molecule has 1 aromatic heterocycles. The number of rotatable bonds is 4. The summed E-state index contributed by atoms with van der Waals surface area (Å²) < 4.78 is 0. The Balaban J connectivity index is 2.19. The molecule has 0 bridgehead atoms. The summed E-state index contributed by atoms with van der Waals surface area (Å²) in [5, 5.41) is 2.75. The van der Waals surface area contributed by atoms with Crippen LogP contribution in [0.25, 0.3) is 0 Å². The lowest BCUT2D eigenvalue weighted by atomic mass is 10.0. The smallest absolute Gasteiger partial charge is 0.270 e. The van der Waals surface area contributed by atoms with E-state index in [4.69, 9.17) is 0 Å². The highest BCUT2D eigenvalue weighted by atomic mass is 16.1. The van der Waals surface area contributed by atoms with E-state index in [1.165, 1.54) is 6.42 Å². The quantitative estimate of drug-likeness (QED) is 0.852. The van der Waals surface area contributed by atoms with Crippen LogP contribution < -0.4 is 10.2 Å². The molecule has 1 N–H and O–H groups in total. The zero-order chi connectivity index (χ0) is 14.5. The van der Waals surface area contributed by atoms with Crippen molar-refractivity contribution >= 4 is 11.9 Å². The van der Waals surface area contributed by atoms with Crippen LogP contribution in [0.3, 0.4) is 0 Å². The van der Waals surface area contributed by atoms with Gasteiger partial charge in [0.2, 0.25) is 5.95 Å². The number of carbonyl (C=O) groups is 1. The van der Waals surface area contributed by atoms with Gasteiger partial charge in [-0.2, -0.15) is 0 Å². The summed E-state index contributed by atoms with van der Waals surface area (Å²) in [6.07, 6.45) is 4.05. The molecule has 108 valence electrons. The molecule has 0 radical (unpaired) electrons. The van der Waals surface area contributed by atoms with Crippen LogP contribution in [0.15, 0.2) is 18.7 Å². The molecule has 1 aliphatic rings. The number of aryl methyl sites for hydroxylation is 1. The van der Waals surface area contributed by atoms with Gasteiger partial charge >= 0.3 is 0 Å². The van der Waals surface area contributed by atoms with E-state index < -0.39 is 0 Å². The van der Waals surface area contributed by atoms with Crippen molar-refractivity contribution in [2.24, 2.45) is 5.92 Å². The maximum absolute atomic E-state index is 12.0. The first-order chi connectivity index (χ1) is 9.60.